The van der Waals surface area contributed by atoms with Crippen molar-refractivity contribution in [2.75, 3.05) is 19.6 Å². The summed E-state index contributed by atoms with van der Waals surface area (Å²) in [5, 5.41) is 3.39. The van der Waals surface area contributed by atoms with E-state index < -0.39 is 10.2 Å². The van der Waals surface area contributed by atoms with Gasteiger partial charge in [-0.15, -0.1) is 0 Å². The van der Waals surface area contributed by atoms with Gasteiger partial charge in [-0.25, -0.2) is 0 Å². The molecule has 1 unspecified atom stereocenters. The van der Waals surface area contributed by atoms with Crippen molar-refractivity contribution in [2.24, 2.45) is 5.92 Å². The molecule has 120 valence electrons. The zero-order valence-corrected chi connectivity index (χ0v) is 13.5. The van der Waals surface area contributed by atoms with Crippen molar-refractivity contribution in [1.82, 2.24) is 14.3 Å². The second-order valence-electron chi connectivity index (χ2n) is 5.89. The molecule has 1 fully saturated rings. The molecule has 21 heavy (non-hydrogen) atoms. The summed E-state index contributed by atoms with van der Waals surface area (Å²) in [5.41, 5.74) is 0.827. The number of hydrogen-bond acceptors (Lipinski definition) is 4. The van der Waals surface area contributed by atoms with Gasteiger partial charge in [0.2, 0.25) is 0 Å². The lowest BCUT2D eigenvalue weighted by molar-refractivity contribution is 0.254. The number of rotatable bonds is 7. The third-order valence-corrected chi connectivity index (χ3v) is 5.20. The lowest BCUT2D eigenvalue weighted by Gasteiger charge is -2.32. The summed E-state index contributed by atoms with van der Waals surface area (Å²) in [5.74, 6) is 0.381. The lowest BCUT2D eigenvalue weighted by atomic mass is 9.99. The molecule has 6 nitrogen and oxygen atoms in total. The number of piperidine rings is 1. The molecule has 0 aromatic carbocycles. The SMILES string of the molecule is CC(C)NCC1CCCN(S(=O)(=O)NCc2ccoc2)C1. The van der Waals surface area contributed by atoms with Crippen molar-refractivity contribution < 1.29 is 12.8 Å². The van der Waals surface area contributed by atoms with E-state index in [9.17, 15) is 8.42 Å². The van der Waals surface area contributed by atoms with Crippen LogP contribution in [0.5, 0.6) is 0 Å². The summed E-state index contributed by atoms with van der Waals surface area (Å²) < 4.78 is 33.8. The molecule has 0 spiro atoms. The summed E-state index contributed by atoms with van der Waals surface area (Å²) in [6.07, 6.45) is 5.08. The van der Waals surface area contributed by atoms with E-state index in [0.717, 1.165) is 24.9 Å². The van der Waals surface area contributed by atoms with Gasteiger partial charge in [-0.1, -0.05) is 13.8 Å². The van der Waals surface area contributed by atoms with Crippen LogP contribution in [0.1, 0.15) is 32.3 Å². The van der Waals surface area contributed by atoms with Crippen LogP contribution in [-0.4, -0.2) is 38.4 Å². The highest BCUT2D eigenvalue weighted by Gasteiger charge is 2.28. The smallest absolute Gasteiger partial charge is 0.279 e. The van der Waals surface area contributed by atoms with E-state index in [1.54, 1.807) is 16.6 Å². The van der Waals surface area contributed by atoms with Gasteiger partial charge in [0.05, 0.1) is 12.5 Å². The topological polar surface area (TPSA) is 74.6 Å². The molecule has 7 heteroatoms. The summed E-state index contributed by atoms with van der Waals surface area (Å²) in [6.45, 7) is 6.52. The van der Waals surface area contributed by atoms with Crippen molar-refractivity contribution >= 4 is 10.2 Å². The molecular weight excluding hydrogens is 290 g/mol. The molecular formula is C14H25N3O3S. The van der Waals surface area contributed by atoms with Gasteiger partial charge in [0.15, 0.2) is 0 Å². The summed E-state index contributed by atoms with van der Waals surface area (Å²) in [7, 11) is -3.42. The number of nitrogens with one attached hydrogen (secondary N) is 2. The standard InChI is InChI=1S/C14H25N3O3S/c1-12(2)15-8-13-4-3-6-17(10-13)21(18,19)16-9-14-5-7-20-11-14/h5,7,11-13,15-16H,3-4,6,8-10H2,1-2H3. The molecule has 0 bridgehead atoms. The molecule has 0 radical (unpaired) electrons. The van der Waals surface area contributed by atoms with Crippen molar-refractivity contribution in [3.8, 4) is 0 Å². The fourth-order valence-corrected chi connectivity index (χ4v) is 3.78. The minimum Gasteiger partial charge on any atom is -0.472 e. The minimum atomic E-state index is -3.42. The molecule has 1 aliphatic heterocycles. The first-order chi connectivity index (χ1) is 9.97. The fourth-order valence-electron chi connectivity index (χ4n) is 2.47. The molecule has 1 atom stereocenters. The Balaban J connectivity index is 1.86. The quantitative estimate of drug-likeness (QED) is 0.796. The Labute approximate surface area is 127 Å². The molecule has 2 heterocycles. The van der Waals surface area contributed by atoms with Gasteiger partial charge in [-0.3, -0.25) is 0 Å². The average molecular weight is 315 g/mol. The highest BCUT2D eigenvalue weighted by molar-refractivity contribution is 7.87. The van der Waals surface area contributed by atoms with E-state index in [0.29, 0.717) is 25.0 Å². The Morgan fingerprint density at radius 2 is 2.29 bits per heavy atom. The number of furan rings is 1. The van der Waals surface area contributed by atoms with Crippen LogP contribution >= 0.6 is 0 Å². The van der Waals surface area contributed by atoms with E-state index in [2.05, 4.69) is 23.9 Å². The number of hydrogen-bond donors (Lipinski definition) is 2. The van der Waals surface area contributed by atoms with Crippen LogP contribution in [0, 0.1) is 5.92 Å². The third kappa shape index (κ3) is 5.10. The van der Waals surface area contributed by atoms with Crippen LogP contribution in [-0.2, 0) is 16.8 Å². The summed E-state index contributed by atoms with van der Waals surface area (Å²) >= 11 is 0. The van der Waals surface area contributed by atoms with Crippen LogP contribution in [0.2, 0.25) is 0 Å². The largest absolute Gasteiger partial charge is 0.472 e. The van der Waals surface area contributed by atoms with Crippen molar-refractivity contribution in [2.45, 2.75) is 39.3 Å². The first-order valence-electron chi connectivity index (χ1n) is 7.46. The predicted octanol–water partition coefficient (Wildman–Crippen LogP) is 1.32. The van der Waals surface area contributed by atoms with Crippen molar-refractivity contribution in [1.29, 1.82) is 0 Å². The molecule has 1 aliphatic rings. The van der Waals surface area contributed by atoms with E-state index in [-0.39, 0.29) is 6.54 Å². The fraction of sp³-hybridized carbons (Fsp3) is 0.714. The predicted molar refractivity (Wildman–Crippen MR) is 81.9 cm³/mol. The maximum absolute atomic E-state index is 12.3. The molecule has 1 aromatic heterocycles. The van der Waals surface area contributed by atoms with Crippen LogP contribution in [0.25, 0.3) is 0 Å². The normalized spacial score (nSPS) is 21.0. The van der Waals surface area contributed by atoms with Gasteiger partial charge in [-0.2, -0.15) is 17.4 Å². The van der Waals surface area contributed by atoms with Gasteiger partial charge in [0, 0.05) is 31.2 Å². The second-order valence-corrected chi connectivity index (χ2v) is 7.64. The molecule has 2 N–H and O–H groups in total. The molecule has 1 saturated heterocycles. The highest BCUT2D eigenvalue weighted by atomic mass is 32.2. The van der Waals surface area contributed by atoms with Gasteiger partial charge in [0.1, 0.15) is 0 Å². The van der Waals surface area contributed by atoms with E-state index in [1.165, 1.54) is 6.26 Å². The highest BCUT2D eigenvalue weighted by Crippen LogP contribution is 2.18. The van der Waals surface area contributed by atoms with E-state index in [4.69, 9.17) is 4.42 Å². The van der Waals surface area contributed by atoms with Crippen LogP contribution < -0.4 is 10.0 Å². The van der Waals surface area contributed by atoms with Gasteiger partial charge >= 0.3 is 0 Å². The first-order valence-corrected chi connectivity index (χ1v) is 8.90. The lowest BCUT2D eigenvalue weighted by Crippen LogP contribution is -2.47. The Kier molecular flexibility index (Phi) is 5.80. The minimum absolute atomic E-state index is 0.268. The van der Waals surface area contributed by atoms with Crippen LogP contribution in [0.15, 0.2) is 23.0 Å². The van der Waals surface area contributed by atoms with Crippen molar-refractivity contribution in [3.63, 3.8) is 0 Å². The van der Waals surface area contributed by atoms with Crippen molar-refractivity contribution in [3.05, 3.63) is 24.2 Å². The van der Waals surface area contributed by atoms with Crippen LogP contribution in [0.4, 0.5) is 0 Å². The van der Waals surface area contributed by atoms with Gasteiger partial charge < -0.3 is 9.73 Å². The maximum Gasteiger partial charge on any atom is 0.279 e. The molecule has 0 aliphatic carbocycles. The third-order valence-electron chi connectivity index (χ3n) is 3.68. The molecule has 0 amide bonds. The Morgan fingerprint density at radius 1 is 1.48 bits per heavy atom. The van der Waals surface area contributed by atoms with Gasteiger partial charge in [0.25, 0.3) is 10.2 Å². The van der Waals surface area contributed by atoms with Gasteiger partial charge in [-0.05, 0) is 31.4 Å². The summed E-state index contributed by atoms with van der Waals surface area (Å²) in [4.78, 5) is 0. The average Bonchev–Trinajstić information content (AvgIpc) is 2.97. The Morgan fingerprint density at radius 3 is 2.95 bits per heavy atom. The van der Waals surface area contributed by atoms with E-state index in [1.807, 2.05) is 0 Å². The maximum atomic E-state index is 12.3. The monoisotopic (exact) mass is 315 g/mol. The van der Waals surface area contributed by atoms with Crippen LogP contribution in [0.3, 0.4) is 0 Å². The summed E-state index contributed by atoms with van der Waals surface area (Å²) in [6, 6.07) is 2.19. The Bertz CT molecular complexity index is 514. The second kappa shape index (κ2) is 7.40. The Hall–Kier alpha value is -0.890. The molecule has 0 saturated carbocycles. The number of nitrogens with zero attached hydrogens (tertiary/aromatic N) is 1. The first kappa shape index (κ1) is 16.5. The van der Waals surface area contributed by atoms with E-state index >= 15 is 0 Å². The zero-order valence-electron chi connectivity index (χ0n) is 12.7. The zero-order chi connectivity index (χ0) is 15.3. The molecule has 1 aromatic rings. The molecule has 2 rings (SSSR count).